The van der Waals surface area contributed by atoms with E-state index in [0.717, 1.165) is 10.0 Å². The van der Waals surface area contributed by atoms with Crippen molar-refractivity contribution < 1.29 is 24.2 Å². The van der Waals surface area contributed by atoms with Crippen LogP contribution >= 0.6 is 15.9 Å². The van der Waals surface area contributed by atoms with Gasteiger partial charge in [0, 0.05) is 16.6 Å². The molecule has 1 aromatic carbocycles. The number of aliphatic carboxylic acids is 1. The van der Waals surface area contributed by atoms with E-state index in [1.54, 1.807) is 13.2 Å². The fourth-order valence-corrected chi connectivity index (χ4v) is 1.95. The number of nitrogens with one attached hydrogen (secondary N) is 1. The van der Waals surface area contributed by atoms with E-state index >= 15 is 0 Å². The normalized spacial score (nSPS) is 10.1. The first-order chi connectivity index (χ1) is 9.52. The second-order valence-corrected chi connectivity index (χ2v) is 4.84. The van der Waals surface area contributed by atoms with Gasteiger partial charge in [0.1, 0.15) is 12.4 Å². The van der Waals surface area contributed by atoms with Gasteiger partial charge in [-0.2, -0.15) is 0 Å². The Balaban J connectivity index is 2.38. The van der Waals surface area contributed by atoms with Crippen molar-refractivity contribution in [3.05, 3.63) is 28.2 Å². The molecular formula is C13H16BrNO5. The number of hydrogen-bond acceptors (Lipinski definition) is 4. The second kappa shape index (κ2) is 8.55. The number of carboxylic acid groups (broad SMARTS) is 1. The van der Waals surface area contributed by atoms with Crippen LogP contribution in [0.25, 0.3) is 0 Å². The zero-order valence-electron chi connectivity index (χ0n) is 11.0. The number of methoxy groups -OCH3 is 1. The minimum Gasteiger partial charge on any atom is -0.496 e. The standard InChI is InChI=1S/C13H16BrNO5/c1-19-11-3-2-10(14)6-9(11)7-12(16)15-4-5-20-8-13(17)18/h2-3,6H,4-5,7-8H2,1H3,(H,15,16)(H,17,18). The van der Waals surface area contributed by atoms with Gasteiger partial charge in [-0.1, -0.05) is 15.9 Å². The van der Waals surface area contributed by atoms with Crippen LogP contribution in [0, 0.1) is 0 Å². The Morgan fingerprint density at radius 2 is 2.15 bits per heavy atom. The maximum Gasteiger partial charge on any atom is 0.329 e. The predicted octanol–water partition coefficient (Wildman–Crippen LogP) is 1.22. The molecule has 0 saturated heterocycles. The molecule has 7 heteroatoms. The summed E-state index contributed by atoms with van der Waals surface area (Å²) in [5.74, 6) is -0.569. The molecule has 0 spiro atoms. The summed E-state index contributed by atoms with van der Waals surface area (Å²) in [6.07, 6.45) is 0.182. The highest BCUT2D eigenvalue weighted by molar-refractivity contribution is 9.10. The summed E-state index contributed by atoms with van der Waals surface area (Å²) in [4.78, 5) is 21.9. The van der Waals surface area contributed by atoms with Gasteiger partial charge < -0.3 is 19.9 Å². The van der Waals surface area contributed by atoms with E-state index in [9.17, 15) is 9.59 Å². The molecule has 0 aliphatic heterocycles. The average molecular weight is 346 g/mol. The van der Waals surface area contributed by atoms with Gasteiger partial charge in [0.2, 0.25) is 5.91 Å². The quantitative estimate of drug-likeness (QED) is 0.692. The lowest BCUT2D eigenvalue weighted by molar-refractivity contribution is -0.142. The van der Waals surface area contributed by atoms with Crippen LogP contribution in [0.15, 0.2) is 22.7 Å². The maximum atomic E-state index is 11.7. The molecule has 1 rings (SSSR count). The van der Waals surface area contributed by atoms with Gasteiger partial charge in [-0.05, 0) is 18.2 Å². The molecule has 0 bridgehead atoms. The smallest absolute Gasteiger partial charge is 0.329 e. The molecule has 0 unspecified atom stereocenters. The molecule has 0 aliphatic carbocycles. The Bertz CT molecular complexity index is 478. The van der Waals surface area contributed by atoms with Gasteiger partial charge >= 0.3 is 5.97 Å². The molecular weight excluding hydrogens is 330 g/mol. The van der Waals surface area contributed by atoms with Crippen molar-refractivity contribution in [1.82, 2.24) is 5.32 Å². The third kappa shape index (κ3) is 6.03. The fourth-order valence-electron chi connectivity index (χ4n) is 1.54. The van der Waals surface area contributed by atoms with E-state index in [0.29, 0.717) is 5.75 Å². The average Bonchev–Trinajstić information content (AvgIpc) is 2.38. The van der Waals surface area contributed by atoms with E-state index < -0.39 is 5.97 Å². The zero-order chi connectivity index (χ0) is 15.0. The van der Waals surface area contributed by atoms with Gasteiger partial charge in [-0.15, -0.1) is 0 Å². The summed E-state index contributed by atoms with van der Waals surface area (Å²) in [7, 11) is 1.55. The van der Waals surface area contributed by atoms with Crippen molar-refractivity contribution in [2.75, 3.05) is 26.9 Å². The monoisotopic (exact) mass is 345 g/mol. The van der Waals surface area contributed by atoms with E-state index in [2.05, 4.69) is 21.2 Å². The summed E-state index contributed by atoms with van der Waals surface area (Å²) < 4.78 is 10.9. The Labute approximate surface area is 125 Å². The number of amides is 1. The first-order valence-electron chi connectivity index (χ1n) is 5.91. The van der Waals surface area contributed by atoms with Crippen LogP contribution in [-0.4, -0.2) is 43.9 Å². The number of carbonyl (C=O) groups excluding carboxylic acids is 1. The summed E-state index contributed by atoms with van der Waals surface area (Å²) in [6.45, 7) is 0.0609. The van der Waals surface area contributed by atoms with Crippen LogP contribution in [0.1, 0.15) is 5.56 Å². The Morgan fingerprint density at radius 3 is 2.80 bits per heavy atom. The molecule has 110 valence electrons. The predicted molar refractivity (Wildman–Crippen MR) is 75.9 cm³/mol. The Kier molecular flexibility index (Phi) is 7.03. The van der Waals surface area contributed by atoms with E-state index in [-0.39, 0.29) is 32.1 Å². The number of carboxylic acids is 1. The van der Waals surface area contributed by atoms with Crippen LogP contribution < -0.4 is 10.1 Å². The van der Waals surface area contributed by atoms with Crippen molar-refractivity contribution in [2.45, 2.75) is 6.42 Å². The van der Waals surface area contributed by atoms with Gasteiger partial charge in [0.25, 0.3) is 0 Å². The largest absolute Gasteiger partial charge is 0.496 e. The van der Waals surface area contributed by atoms with Crippen LogP contribution in [0.3, 0.4) is 0 Å². The van der Waals surface area contributed by atoms with Crippen molar-refractivity contribution in [2.24, 2.45) is 0 Å². The lowest BCUT2D eigenvalue weighted by atomic mass is 10.1. The van der Waals surface area contributed by atoms with Gasteiger partial charge in [-0.25, -0.2) is 4.79 Å². The SMILES string of the molecule is COc1ccc(Br)cc1CC(=O)NCCOCC(=O)O. The first-order valence-corrected chi connectivity index (χ1v) is 6.71. The number of rotatable bonds is 8. The topological polar surface area (TPSA) is 84.9 Å². The molecule has 0 aliphatic rings. The fraction of sp³-hybridized carbons (Fsp3) is 0.385. The maximum absolute atomic E-state index is 11.7. The minimum absolute atomic E-state index is 0.160. The van der Waals surface area contributed by atoms with E-state index in [1.807, 2.05) is 12.1 Å². The highest BCUT2D eigenvalue weighted by atomic mass is 79.9. The van der Waals surface area contributed by atoms with Crippen molar-refractivity contribution in [1.29, 1.82) is 0 Å². The molecule has 0 aromatic heterocycles. The molecule has 0 radical (unpaired) electrons. The van der Waals surface area contributed by atoms with Gasteiger partial charge in [0.05, 0.1) is 20.1 Å². The molecule has 0 heterocycles. The zero-order valence-corrected chi connectivity index (χ0v) is 12.6. The van der Waals surface area contributed by atoms with Crippen molar-refractivity contribution in [3.63, 3.8) is 0 Å². The summed E-state index contributed by atoms with van der Waals surface area (Å²) in [6, 6.07) is 5.43. The van der Waals surface area contributed by atoms with E-state index in [4.69, 9.17) is 14.6 Å². The molecule has 6 nitrogen and oxygen atoms in total. The molecule has 0 atom stereocenters. The molecule has 1 aromatic rings. The summed E-state index contributed by atoms with van der Waals surface area (Å²) >= 11 is 3.34. The molecule has 0 saturated carbocycles. The number of hydrogen-bond donors (Lipinski definition) is 2. The highest BCUT2D eigenvalue weighted by Gasteiger charge is 2.09. The number of ether oxygens (including phenoxy) is 2. The van der Waals surface area contributed by atoms with E-state index in [1.165, 1.54) is 0 Å². The number of carbonyl (C=O) groups is 2. The van der Waals surface area contributed by atoms with Crippen LogP contribution in [0.5, 0.6) is 5.75 Å². The van der Waals surface area contributed by atoms with Crippen LogP contribution in [-0.2, 0) is 20.7 Å². The van der Waals surface area contributed by atoms with Crippen molar-refractivity contribution >= 4 is 27.8 Å². The lowest BCUT2D eigenvalue weighted by Crippen LogP contribution is -2.29. The van der Waals surface area contributed by atoms with Crippen LogP contribution in [0.4, 0.5) is 0 Å². The third-order valence-corrected chi connectivity index (χ3v) is 2.88. The molecule has 2 N–H and O–H groups in total. The molecule has 1 amide bonds. The van der Waals surface area contributed by atoms with Gasteiger partial charge in [0.15, 0.2) is 0 Å². The first kappa shape index (κ1) is 16.5. The Hall–Kier alpha value is -1.60. The van der Waals surface area contributed by atoms with Crippen molar-refractivity contribution in [3.8, 4) is 5.75 Å². The second-order valence-electron chi connectivity index (χ2n) is 3.93. The molecule has 0 fully saturated rings. The Morgan fingerprint density at radius 1 is 1.40 bits per heavy atom. The minimum atomic E-state index is -1.03. The summed E-state index contributed by atoms with van der Waals surface area (Å²) in [5, 5.41) is 11.0. The third-order valence-electron chi connectivity index (χ3n) is 2.39. The highest BCUT2D eigenvalue weighted by Crippen LogP contribution is 2.23. The number of benzene rings is 1. The van der Waals surface area contributed by atoms with Gasteiger partial charge in [-0.3, -0.25) is 4.79 Å². The molecule has 20 heavy (non-hydrogen) atoms. The summed E-state index contributed by atoms with van der Waals surface area (Å²) in [5.41, 5.74) is 0.769. The lowest BCUT2D eigenvalue weighted by Gasteiger charge is -2.09. The number of halogens is 1. The van der Waals surface area contributed by atoms with Crippen LogP contribution in [0.2, 0.25) is 0 Å².